The standard InChI is InChI=1S/C13H11NO4S/c1-7-6-8(2-3-10(7)15)11(16)14-12-9(13(17)18)4-5-19-12/h2-6,15H,1H3,(H,14,16)(H,17,18). The van der Waals surface area contributed by atoms with Gasteiger partial charge in [-0.1, -0.05) is 0 Å². The molecule has 98 valence electrons. The minimum atomic E-state index is -1.08. The Bertz CT molecular complexity index is 648. The number of hydrogen-bond acceptors (Lipinski definition) is 4. The molecule has 0 spiro atoms. The first-order valence-electron chi connectivity index (χ1n) is 5.41. The summed E-state index contributed by atoms with van der Waals surface area (Å²) in [5.74, 6) is -1.38. The van der Waals surface area contributed by atoms with Crippen molar-refractivity contribution < 1.29 is 19.8 Å². The molecule has 19 heavy (non-hydrogen) atoms. The SMILES string of the molecule is Cc1cc(C(=O)Nc2sccc2C(=O)O)ccc1O. The molecule has 0 aliphatic carbocycles. The van der Waals surface area contributed by atoms with Crippen molar-refractivity contribution >= 4 is 28.2 Å². The fraction of sp³-hybridized carbons (Fsp3) is 0.0769. The Hall–Kier alpha value is -2.34. The zero-order valence-electron chi connectivity index (χ0n) is 10.0. The molecule has 0 unspecified atom stereocenters. The molecule has 5 nitrogen and oxygen atoms in total. The quantitative estimate of drug-likeness (QED) is 0.805. The number of amides is 1. The van der Waals surface area contributed by atoms with Crippen molar-refractivity contribution in [1.29, 1.82) is 0 Å². The molecule has 6 heteroatoms. The average Bonchev–Trinajstić information content (AvgIpc) is 2.80. The van der Waals surface area contributed by atoms with Gasteiger partial charge in [0.2, 0.25) is 0 Å². The van der Waals surface area contributed by atoms with E-state index in [1.165, 1.54) is 18.2 Å². The van der Waals surface area contributed by atoms with Crippen molar-refractivity contribution in [2.24, 2.45) is 0 Å². The van der Waals surface area contributed by atoms with Crippen LogP contribution in [0.1, 0.15) is 26.3 Å². The normalized spacial score (nSPS) is 10.2. The van der Waals surface area contributed by atoms with E-state index in [-0.39, 0.29) is 11.3 Å². The minimum absolute atomic E-state index is 0.0638. The Morgan fingerprint density at radius 1 is 1.26 bits per heavy atom. The number of benzene rings is 1. The highest BCUT2D eigenvalue weighted by atomic mass is 32.1. The van der Waals surface area contributed by atoms with Gasteiger partial charge in [0.25, 0.3) is 5.91 Å². The number of hydrogen-bond donors (Lipinski definition) is 3. The number of nitrogens with one attached hydrogen (secondary N) is 1. The summed E-state index contributed by atoms with van der Waals surface area (Å²) in [4.78, 5) is 22.9. The van der Waals surface area contributed by atoms with Crippen molar-refractivity contribution in [3.05, 3.63) is 46.3 Å². The molecule has 2 rings (SSSR count). The molecule has 1 aromatic carbocycles. The second-order valence-electron chi connectivity index (χ2n) is 3.92. The molecule has 1 heterocycles. The highest BCUT2D eigenvalue weighted by molar-refractivity contribution is 7.14. The van der Waals surface area contributed by atoms with E-state index in [0.717, 1.165) is 11.3 Å². The molecule has 1 amide bonds. The zero-order valence-corrected chi connectivity index (χ0v) is 10.8. The lowest BCUT2D eigenvalue weighted by molar-refractivity contribution is 0.0698. The van der Waals surface area contributed by atoms with Crippen molar-refractivity contribution in [2.75, 3.05) is 5.32 Å². The van der Waals surface area contributed by atoms with Crippen LogP contribution in [0.3, 0.4) is 0 Å². The predicted molar refractivity (Wildman–Crippen MR) is 72.1 cm³/mol. The Kier molecular flexibility index (Phi) is 3.52. The van der Waals surface area contributed by atoms with Gasteiger partial charge in [-0.3, -0.25) is 4.79 Å². The lowest BCUT2D eigenvalue weighted by Gasteiger charge is -2.06. The van der Waals surface area contributed by atoms with Crippen molar-refractivity contribution in [3.8, 4) is 5.75 Å². The summed E-state index contributed by atoms with van der Waals surface area (Å²) in [6.45, 7) is 1.68. The number of carboxylic acids is 1. The smallest absolute Gasteiger partial charge is 0.338 e. The zero-order chi connectivity index (χ0) is 14.0. The van der Waals surface area contributed by atoms with Crippen LogP contribution in [0.5, 0.6) is 5.75 Å². The molecular formula is C13H11NO4S. The van der Waals surface area contributed by atoms with Gasteiger partial charge in [-0.05, 0) is 42.1 Å². The van der Waals surface area contributed by atoms with E-state index in [2.05, 4.69) is 5.32 Å². The first-order valence-corrected chi connectivity index (χ1v) is 6.28. The number of anilines is 1. The number of rotatable bonds is 3. The van der Waals surface area contributed by atoms with Crippen LogP contribution in [0.25, 0.3) is 0 Å². The summed E-state index contributed by atoms with van der Waals surface area (Å²) < 4.78 is 0. The average molecular weight is 277 g/mol. The van der Waals surface area contributed by atoms with E-state index in [0.29, 0.717) is 16.1 Å². The van der Waals surface area contributed by atoms with Gasteiger partial charge in [0.1, 0.15) is 10.8 Å². The number of carboxylic acid groups (broad SMARTS) is 1. The maximum Gasteiger partial charge on any atom is 0.338 e. The third-order valence-corrected chi connectivity index (χ3v) is 3.41. The van der Waals surface area contributed by atoms with Crippen LogP contribution >= 0.6 is 11.3 Å². The monoisotopic (exact) mass is 277 g/mol. The van der Waals surface area contributed by atoms with Crippen LogP contribution in [0.4, 0.5) is 5.00 Å². The Morgan fingerprint density at radius 2 is 2.00 bits per heavy atom. The van der Waals surface area contributed by atoms with Gasteiger partial charge < -0.3 is 15.5 Å². The molecule has 0 aliphatic heterocycles. The van der Waals surface area contributed by atoms with Gasteiger partial charge in [-0.15, -0.1) is 11.3 Å². The van der Waals surface area contributed by atoms with Gasteiger partial charge in [0.15, 0.2) is 0 Å². The van der Waals surface area contributed by atoms with Crippen molar-refractivity contribution in [1.82, 2.24) is 0 Å². The van der Waals surface area contributed by atoms with Crippen LogP contribution in [0.2, 0.25) is 0 Å². The molecular weight excluding hydrogens is 266 g/mol. The fourth-order valence-electron chi connectivity index (χ4n) is 1.55. The first-order chi connectivity index (χ1) is 8.99. The summed E-state index contributed by atoms with van der Waals surface area (Å²) >= 11 is 1.15. The van der Waals surface area contributed by atoms with Crippen LogP contribution < -0.4 is 5.32 Å². The van der Waals surface area contributed by atoms with Gasteiger partial charge in [-0.25, -0.2) is 4.79 Å². The van der Waals surface area contributed by atoms with Gasteiger partial charge in [0.05, 0.1) is 5.56 Å². The summed E-state index contributed by atoms with van der Waals surface area (Å²) in [6.07, 6.45) is 0. The molecule has 0 saturated carbocycles. The summed E-state index contributed by atoms with van der Waals surface area (Å²) in [6, 6.07) is 5.88. The van der Waals surface area contributed by atoms with Gasteiger partial charge >= 0.3 is 5.97 Å². The molecule has 0 bridgehead atoms. The maximum absolute atomic E-state index is 12.0. The first kappa shape index (κ1) is 13.1. The van der Waals surface area contributed by atoms with Crippen LogP contribution in [0.15, 0.2) is 29.6 Å². The second-order valence-corrected chi connectivity index (χ2v) is 4.84. The molecule has 1 aromatic heterocycles. The third-order valence-electron chi connectivity index (χ3n) is 2.58. The number of aryl methyl sites for hydroxylation is 1. The van der Waals surface area contributed by atoms with E-state index in [4.69, 9.17) is 5.11 Å². The Labute approximate surface area is 113 Å². The Morgan fingerprint density at radius 3 is 2.63 bits per heavy atom. The lowest BCUT2D eigenvalue weighted by Crippen LogP contribution is -2.13. The van der Waals surface area contributed by atoms with Crippen LogP contribution in [-0.2, 0) is 0 Å². The largest absolute Gasteiger partial charge is 0.508 e. The molecule has 0 fully saturated rings. The predicted octanol–water partition coefficient (Wildman–Crippen LogP) is 2.71. The summed E-state index contributed by atoms with van der Waals surface area (Å²) in [5.41, 5.74) is 1.01. The molecule has 2 aromatic rings. The molecule has 0 atom stereocenters. The molecule has 3 N–H and O–H groups in total. The Balaban J connectivity index is 2.23. The van der Waals surface area contributed by atoms with Gasteiger partial charge in [-0.2, -0.15) is 0 Å². The highest BCUT2D eigenvalue weighted by Gasteiger charge is 2.15. The number of carbonyl (C=O) groups is 2. The lowest BCUT2D eigenvalue weighted by atomic mass is 10.1. The maximum atomic E-state index is 12.0. The van der Waals surface area contributed by atoms with E-state index < -0.39 is 11.9 Å². The topological polar surface area (TPSA) is 86.6 Å². The number of phenols is 1. The molecule has 0 aliphatic rings. The summed E-state index contributed by atoms with van der Waals surface area (Å²) in [5, 5.41) is 22.8. The van der Waals surface area contributed by atoms with Crippen LogP contribution in [-0.4, -0.2) is 22.1 Å². The van der Waals surface area contributed by atoms with E-state index >= 15 is 0 Å². The number of aromatic hydroxyl groups is 1. The minimum Gasteiger partial charge on any atom is -0.508 e. The van der Waals surface area contributed by atoms with Crippen molar-refractivity contribution in [3.63, 3.8) is 0 Å². The van der Waals surface area contributed by atoms with Crippen molar-refractivity contribution in [2.45, 2.75) is 6.92 Å². The fourth-order valence-corrected chi connectivity index (χ4v) is 2.32. The number of aromatic carboxylic acids is 1. The number of phenolic OH excluding ortho intramolecular Hbond substituents is 1. The van der Waals surface area contributed by atoms with E-state index in [1.54, 1.807) is 18.4 Å². The van der Waals surface area contributed by atoms with E-state index in [1.807, 2.05) is 0 Å². The van der Waals surface area contributed by atoms with E-state index in [9.17, 15) is 14.7 Å². The van der Waals surface area contributed by atoms with Crippen LogP contribution in [0, 0.1) is 6.92 Å². The third kappa shape index (κ3) is 2.74. The highest BCUT2D eigenvalue weighted by Crippen LogP contribution is 2.24. The second kappa shape index (κ2) is 5.11. The number of carbonyl (C=O) groups excluding carboxylic acids is 1. The molecule has 0 saturated heterocycles. The number of thiophene rings is 1. The summed E-state index contributed by atoms with van der Waals surface area (Å²) in [7, 11) is 0. The van der Waals surface area contributed by atoms with Gasteiger partial charge in [0, 0.05) is 5.56 Å². The molecule has 0 radical (unpaired) electrons.